The van der Waals surface area contributed by atoms with Gasteiger partial charge in [0.25, 0.3) is 0 Å². The van der Waals surface area contributed by atoms with Crippen LogP contribution in [0.15, 0.2) is 30.3 Å². The van der Waals surface area contributed by atoms with Crippen molar-refractivity contribution in [2.45, 2.75) is 18.9 Å². The van der Waals surface area contributed by atoms with E-state index >= 15 is 0 Å². The molecular formula is C17H24N2O4. The maximum atomic E-state index is 12.4. The van der Waals surface area contributed by atoms with Crippen LogP contribution in [-0.4, -0.2) is 72.7 Å². The first-order valence-electron chi connectivity index (χ1n) is 7.86. The van der Waals surface area contributed by atoms with Gasteiger partial charge in [0.05, 0.1) is 19.3 Å². The number of amides is 2. The number of hydrogen-bond donors (Lipinski definition) is 1. The Kier molecular flexibility index (Phi) is 6.55. The molecule has 2 amide bonds. The number of ether oxygens (including phenoxy) is 1. The maximum absolute atomic E-state index is 12.4. The quantitative estimate of drug-likeness (QED) is 0.818. The number of hydrogen-bond acceptors (Lipinski definition) is 4. The van der Waals surface area contributed by atoms with Crippen molar-refractivity contribution in [3.05, 3.63) is 35.9 Å². The standard InChI is InChI=1S/C17H24N2O4/c1-23-10-9-18-11-15(20)12-19(13-17(18)22)16(21)8-7-14-5-3-2-4-6-14/h2-6,15,20H,7-13H2,1H3. The van der Waals surface area contributed by atoms with E-state index in [9.17, 15) is 14.7 Å². The number of nitrogens with zero attached hydrogens (tertiary/aromatic N) is 2. The van der Waals surface area contributed by atoms with Gasteiger partial charge in [0, 0.05) is 33.2 Å². The Hall–Kier alpha value is -1.92. The van der Waals surface area contributed by atoms with Gasteiger partial charge in [0.15, 0.2) is 0 Å². The lowest BCUT2D eigenvalue weighted by molar-refractivity contribution is -0.139. The summed E-state index contributed by atoms with van der Waals surface area (Å²) in [6.07, 6.45) is 0.245. The smallest absolute Gasteiger partial charge is 0.242 e. The Balaban J connectivity index is 1.91. The second-order valence-electron chi connectivity index (χ2n) is 5.75. The Labute approximate surface area is 136 Å². The van der Waals surface area contributed by atoms with Crippen LogP contribution in [0.1, 0.15) is 12.0 Å². The van der Waals surface area contributed by atoms with Crippen molar-refractivity contribution in [3.8, 4) is 0 Å². The average Bonchev–Trinajstić information content (AvgIpc) is 2.70. The fraction of sp³-hybridized carbons (Fsp3) is 0.529. The topological polar surface area (TPSA) is 70.1 Å². The van der Waals surface area contributed by atoms with E-state index < -0.39 is 6.10 Å². The van der Waals surface area contributed by atoms with Gasteiger partial charge >= 0.3 is 0 Å². The summed E-state index contributed by atoms with van der Waals surface area (Å²) >= 11 is 0. The van der Waals surface area contributed by atoms with Crippen molar-refractivity contribution in [1.82, 2.24) is 9.80 Å². The van der Waals surface area contributed by atoms with Gasteiger partial charge in [-0.25, -0.2) is 0 Å². The minimum absolute atomic E-state index is 0.0222. The maximum Gasteiger partial charge on any atom is 0.242 e. The molecule has 1 atom stereocenters. The third-order valence-corrected chi connectivity index (χ3v) is 3.93. The third-order valence-electron chi connectivity index (χ3n) is 3.93. The van der Waals surface area contributed by atoms with Crippen molar-refractivity contribution in [2.75, 3.05) is 39.9 Å². The number of carbonyl (C=O) groups excluding carboxylic acids is 2. The summed E-state index contributed by atoms with van der Waals surface area (Å²) in [5, 5.41) is 10.1. The Morgan fingerprint density at radius 3 is 2.74 bits per heavy atom. The number of rotatable bonds is 6. The molecule has 126 valence electrons. The van der Waals surface area contributed by atoms with Gasteiger partial charge in [-0.15, -0.1) is 0 Å². The average molecular weight is 320 g/mol. The highest BCUT2D eigenvalue weighted by Crippen LogP contribution is 2.09. The second-order valence-corrected chi connectivity index (χ2v) is 5.75. The first-order chi connectivity index (χ1) is 11.1. The zero-order valence-corrected chi connectivity index (χ0v) is 13.5. The zero-order chi connectivity index (χ0) is 16.7. The molecule has 6 nitrogen and oxygen atoms in total. The Bertz CT molecular complexity index is 521. The molecule has 0 spiro atoms. The lowest BCUT2D eigenvalue weighted by atomic mass is 10.1. The van der Waals surface area contributed by atoms with E-state index in [0.717, 1.165) is 5.56 Å². The SMILES string of the molecule is COCCN1CC(O)CN(C(=O)CCc2ccccc2)CC1=O. The molecule has 6 heteroatoms. The van der Waals surface area contributed by atoms with Gasteiger partial charge in [0.1, 0.15) is 0 Å². The molecule has 2 rings (SSSR count). The van der Waals surface area contributed by atoms with Gasteiger partial charge < -0.3 is 19.6 Å². The number of aliphatic hydroxyl groups excluding tert-OH is 1. The van der Waals surface area contributed by atoms with E-state index in [4.69, 9.17) is 4.74 Å². The van der Waals surface area contributed by atoms with E-state index in [2.05, 4.69) is 0 Å². The summed E-state index contributed by atoms with van der Waals surface area (Å²) < 4.78 is 4.97. The summed E-state index contributed by atoms with van der Waals surface area (Å²) in [7, 11) is 1.57. The lowest BCUT2D eigenvalue weighted by Gasteiger charge is -2.21. The number of methoxy groups -OCH3 is 1. The first kappa shape index (κ1) is 17.4. The first-order valence-corrected chi connectivity index (χ1v) is 7.86. The van der Waals surface area contributed by atoms with Crippen molar-refractivity contribution >= 4 is 11.8 Å². The fourth-order valence-electron chi connectivity index (χ4n) is 2.66. The molecule has 1 unspecified atom stereocenters. The van der Waals surface area contributed by atoms with Gasteiger partial charge in [-0.1, -0.05) is 30.3 Å². The molecule has 1 aliphatic heterocycles. The van der Waals surface area contributed by atoms with Gasteiger partial charge in [-0.2, -0.15) is 0 Å². The van der Waals surface area contributed by atoms with Crippen molar-refractivity contribution in [1.29, 1.82) is 0 Å². The third kappa shape index (κ3) is 5.33. The monoisotopic (exact) mass is 320 g/mol. The molecule has 1 N–H and O–H groups in total. The summed E-state index contributed by atoms with van der Waals surface area (Å²) in [5.74, 6) is -0.249. The minimum atomic E-state index is -0.723. The highest BCUT2D eigenvalue weighted by atomic mass is 16.5. The van der Waals surface area contributed by atoms with E-state index in [1.807, 2.05) is 30.3 Å². The van der Waals surface area contributed by atoms with Gasteiger partial charge in [-0.05, 0) is 12.0 Å². The molecule has 1 aromatic rings. The Morgan fingerprint density at radius 1 is 1.30 bits per heavy atom. The molecule has 23 heavy (non-hydrogen) atoms. The Morgan fingerprint density at radius 2 is 2.04 bits per heavy atom. The highest BCUT2D eigenvalue weighted by molar-refractivity contribution is 5.85. The van der Waals surface area contributed by atoms with E-state index in [1.54, 1.807) is 12.0 Å². The van der Waals surface area contributed by atoms with Crippen LogP contribution in [0.5, 0.6) is 0 Å². The van der Waals surface area contributed by atoms with E-state index in [0.29, 0.717) is 26.0 Å². The molecule has 0 saturated carbocycles. The van der Waals surface area contributed by atoms with Crippen LogP contribution in [0.2, 0.25) is 0 Å². The molecule has 0 aromatic heterocycles. The fourth-order valence-corrected chi connectivity index (χ4v) is 2.66. The minimum Gasteiger partial charge on any atom is -0.389 e. The van der Waals surface area contributed by atoms with Crippen LogP contribution in [-0.2, 0) is 20.7 Å². The van der Waals surface area contributed by atoms with Crippen molar-refractivity contribution < 1.29 is 19.4 Å². The van der Waals surface area contributed by atoms with Crippen LogP contribution in [0.3, 0.4) is 0 Å². The van der Waals surface area contributed by atoms with Crippen LogP contribution in [0.25, 0.3) is 0 Å². The van der Waals surface area contributed by atoms with Crippen LogP contribution < -0.4 is 0 Å². The molecule has 0 aliphatic carbocycles. The van der Waals surface area contributed by atoms with E-state index in [1.165, 1.54) is 4.90 Å². The van der Waals surface area contributed by atoms with Crippen molar-refractivity contribution in [3.63, 3.8) is 0 Å². The van der Waals surface area contributed by atoms with Crippen LogP contribution >= 0.6 is 0 Å². The largest absolute Gasteiger partial charge is 0.389 e. The number of carbonyl (C=O) groups is 2. The molecule has 1 aromatic carbocycles. The summed E-state index contributed by atoms with van der Waals surface area (Å²) in [6, 6.07) is 9.76. The predicted molar refractivity (Wildman–Crippen MR) is 85.8 cm³/mol. The molecular weight excluding hydrogens is 296 g/mol. The van der Waals surface area contributed by atoms with E-state index in [-0.39, 0.29) is 31.4 Å². The number of aryl methyl sites for hydroxylation is 1. The number of benzene rings is 1. The molecule has 1 heterocycles. The second kappa shape index (κ2) is 8.64. The highest BCUT2D eigenvalue weighted by Gasteiger charge is 2.28. The number of β-amino-alcohol motifs (C(OH)–C–C–N with tert-alkyl or cyclic N) is 1. The molecule has 0 bridgehead atoms. The molecule has 0 radical (unpaired) electrons. The predicted octanol–water partition coefficient (Wildman–Crippen LogP) is 0.297. The summed E-state index contributed by atoms with van der Waals surface area (Å²) in [6.45, 7) is 1.31. The summed E-state index contributed by atoms with van der Waals surface area (Å²) in [4.78, 5) is 27.6. The van der Waals surface area contributed by atoms with Crippen molar-refractivity contribution in [2.24, 2.45) is 0 Å². The van der Waals surface area contributed by atoms with Gasteiger partial charge in [0.2, 0.25) is 11.8 Å². The molecule has 1 aliphatic rings. The summed E-state index contributed by atoms with van der Waals surface area (Å²) in [5.41, 5.74) is 1.09. The lowest BCUT2D eigenvalue weighted by Crippen LogP contribution is -2.40. The van der Waals surface area contributed by atoms with Crippen LogP contribution in [0.4, 0.5) is 0 Å². The van der Waals surface area contributed by atoms with Gasteiger partial charge in [-0.3, -0.25) is 9.59 Å². The molecule has 1 fully saturated rings. The zero-order valence-electron chi connectivity index (χ0n) is 13.5. The molecule has 1 saturated heterocycles. The number of aliphatic hydroxyl groups is 1. The normalized spacial score (nSPS) is 18.9. The van der Waals surface area contributed by atoms with Crippen LogP contribution in [0, 0.1) is 0 Å².